The molecule has 0 aromatic heterocycles. The van der Waals surface area contributed by atoms with Crippen molar-refractivity contribution in [1.29, 1.82) is 0 Å². The lowest BCUT2D eigenvalue weighted by atomic mass is 9.71. The highest BCUT2D eigenvalue weighted by atomic mass is 16.6. The lowest BCUT2D eigenvalue weighted by Crippen LogP contribution is -2.41. The first-order valence-electron chi connectivity index (χ1n) is 17.2. The molecule has 0 aromatic carbocycles. The molecule has 0 bridgehead atoms. The summed E-state index contributed by atoms with van der Waals surface area (Å²) in [6.07, 6.45) is 20.5. The molecule has 2 aliphatic heterocycles. The maximum Gasteiger partial charge on any atom is 0.306 e. The fourth-order valence-electron chi connectivity index (χ4n) is 9.14. The van der Waals surface area contributed by atoms with E-state index < -0.39 is 0 Å². The molecule has 6 fully saturated rings. The molecular weight excluding hydrogens is 504 g/mol. The molecular formula is C34H54O6. The maximum absolute atomic E-state index is 13.1. The predicted octanol–water partition coefficient (Wildman–Crippen LogP) is 7.16. The molecule has 6 heteroatoms. The Hall–Kier alpha value is -1.14. The average Bonchev–Trinajstić information content (AvgIpc) is 3.89. The Labute approximate surface area is 242 Å². The highest BCUT2D eigenvalue weighted by molar-refractivity contribution is 5.71. The monoisotopic (exact) mass is 558 g/mol. The van der Waals surface area contributed by atoms with Crippen LogP contribution in [0.2, 0.25) is 0 Å². The Bertz CT molecular complexity index is 792. The van der Waals surface area contributed by atoms with Crippen molar-refractivity contribution in [2.45, 2.75) is 166 Å². The molecule has 40 heavy (non-hydrogen) atoms. The third-order valence-electron chi connectivity index (χ3n) is 11.7. The fourth-order valence-corrected chi connectivity index (χ4v) is 9.14. The standard InChI is InChI=1S/C34H54O6/c1-21-17-27-29(37-27)19-25(21)33(23-11-5-3-6-12-23)39-31(35)15-9-10-16-32(36)40-34(24-13-7-4-8-14-24)26-20-30-28(38-30)18-22(26)2/h21-30,33-34H,3-20H2,1-2H3. The first-order chi connectivity index (χ1) is 19.5. The number of unbranched alkanes of at least 4 members (excludes halogenated alkanes) is 1. The quantitative estimate of drug-likeness (QED) is 0.152. The highest BCUT2D eigenvalue weighted by Crippen LogP contribution is 2.48. The van der Waals surface area contributed by atoms with E-state index in [4.69, 9.17) is 18.9 Å². The van der Waals surface area contributed by atoms with Crippen molar-refractivity contribution in [1.82, 2.24) is 0 Å². The van der Waals surface area contributed by atoms with Crippen molar-refractivity contribution < 1.29 is 28.5 Å². The number of hydrogen-bond acceptors (Lipinski definition) is 6. The number of rotatable bonds is 11. The van der Waals surface area contributed by atoms with E-state index >= 15 is 0 Å². The molecule has 2 heterocycles. The summed E-state index contributed by atoms with van der Waals surface area (Å²) in [5, 5.41) is 0. The van der Waals surface area contributed by atoms with E-state index in [9.17, 15) is 9.59 Å². The number of carbonyl (C=O) groups is 2. The highest BCUT2D eigenvalue weighted by Gasteiger charge is 2.52. The second kappa shape index (κ2) is 13.0. The molecule has 10 unspecified atom stereocenters. The SMILES string of the molecule is CC1CC2OC2CC1C(OC(=O)CCCCC(=O)OC(C1CCCCC1)C1CC2OC2CC1C)C1CCCCC1. The fraction of sp³-hybridized carbons (Fsp3) is 0.941. The summed E-state index contributed by atoms with van der Waals surface area (Å²) in [7, 11) is 0. The minimum atomic E-state index is -0.0786. The van der Waals surface area contributed by atoms with Crippen molar-refractivity contribution in [2.75, 3.05) is 0 Å². The Morgan fingerprint density at radius 3 is 1.38 bits per heavy atom. The van der Waals surface area contributed by atoms with Gasteiger partial charge in [-0.2, -0.15) is 0 Å². The zero-order chi connectivity index (χ0) is 27.6. The lowest BCUT2D eigenvalue weighted by molar-refractivity contribution is -0.161. The van der Waals surface area contributed by atoms with E-state index in [1.165, 1.54) is 64.2 Å². The molecule has 4 saturated carbocycles. The van der Waals surface area contributed by atoms with E-state index in [0.29, 0.717) is 85.6 Å². The minimum absolute atomic E-state index is 0.0293. The van der Waals surface area contributed by atoms with Crippen LogP contribution < -0.4 is 0 Å². The van der Waals surface area contributed by atoms with Gasteiger partial charge in [0.05, 0.1) is 24.4 Å². The number of esters is 2. The summed E-state index contributed by atoms with van der Waals surface area (Å²) in [4.78, 5) is 26.1. The predicted molar refractivity (Wildman–Crippen MR) is 152 cm³/mol. The van der Waals surface area contributed by atoms with Crippen molar-refractivity contribution in [2.24, 2.45) is 35.5 Å². The summed E-state index contributed by atoms with van der Waals surface area (Å²) in [5.41, 5.74) is 0. The van der Waals surface area contributed by atoms with Crippen LogP contribution in [0.1, 0.15) is 129 Å². The molecule has 2 saturated heterocycles. The summed E-state index contributed by atoms with van der Waals surface area (Å²) < 4.78 is 24.3. The maximum atomic E-state index is 13.1. The van der Waals surface area contributed by atoms with Crippen LogP contribution in [0, 0.1) is 35.5 Å². The van der Waals surface area contributed by atoms with Gasteiger partial charge in [0, 0.05) is 24.7 Å². The molecule has 0 spiro atoms. The van der Waals surface area contributed by atoms with E-state index in [1.807, 2.05) is 0 Å². The number of carbonyl (C=O) groups excluding carboxylic acids is 2. The zero-order valence-electron chi connectivity index (χ0n) is 25.1. The second-order valence-electron chi connectivity index (χ2n) is 14.6. The van der Waals surface area contributed by atoms with Gasteiger partial charge in [-0.25, -0.2) is 0 Å². The van der Waals surface area contributed by atoms with Crippen LogP contribution in [0.5, 0.6) is 0 Å². The first kappa shape index (κ1) is 29.0. The van der Waals surface area contributed by atoms with Gasteiger partial charge in [-0.3, -0.25) is 9.59 Å². The number of fused-ring (bicyclic) bond motifs is 2. The van der Waals surface area contributed by atoms with Crippen LogP contribution in [0.25, 0.3) is 0 Å². The number of epoxide rings is 2. The Kier molecular flexibility index (Phi) is 9.42. The molecule has 6 nitrogen and oxygen atoms in total. The van der Waals surface area contributed by atoms with Gasteiger partial charge in [-0.1, -0.05) is 52.4 Å². The molecule has 6 rings (SSSR count). The molecule has 0 amide bonds. The summed E-state index contributed by atoms with van der Waals surface area (Å²) >= 11 is 0. The summed E-state index contributed by atoms with van der Waals surface area (Å²) in [6, 6.07) is 0. The number of hydrogen-bond donors (Lipinski definition) is 0. The van der Waals surface area contributed by atoms with Crippen LogP contribution in [0.4, 0.5) is 0 Å². The molecule has 0 aromatic rings. The van der Waals surface area contributed by atoms with E-state index in [0.717, 1.165) is 25.7 Å². The molecule has 226 valence electrons. The van der Waals surface area contributed by atoms with E-state index in [2.05, 4.69) is 13.8 Å². The smallest absolute Gasteiger partial charge is 0.306 e. The third-order valence-corrected chi connectivity index (χ3v) is 11.7. The molecule has 6 aliphatic rings. The van der Waals surface area contributed by atoms with Gasteiger partial charge in [0.2, 0.25) is 0 Å². The molecule has 10 atom stereocenters. The van der Waals surface area contributed by atoms with Crippen LogP contribution in [0.15, 0.2) is 0 Å². The van der Waals surface area contributed by atoms with Gasteiger partial charge in [-0.05, 0) is 87.9 Å². The zero-order valence-corrected chi connectivity index (χ0v) is 25.1. The van der Waals surface area contributed by atoms with Crippen LogP contribution >= 0.6 is 0 Å². The van der Waals surface area contributed by atoms with Crippen molar-refractivity contribution in [3.63, 3.8) is 0 Å². The van der Waals surface area contributed by atoms with Crippen LogP contribution in [0.3, 0.4) is 0 Å². The first-order valence-corrected chi connectivity index (χ1v) is 17.2. The van der Waals surface area contributed by atoms with Gasteiger partial charge in [0.25, 0.3) is 0 Å². The number of ether oxygens (including phenoxy) is 4. The van der Waals surface area contributed by atoms with Crippen molar-refractivity contribution in [3.8, 4) is 0 Å². The third kappa shape index (κ3) is 7.07. The lowest BCUT2D eigenvalue weighted by Gasteiger charge is -2.39. The minimum Gasteiger partial charge on any atom is -0.462 e. The Balaban J connectivity index is 0.971. The normalized spacial score (nSPS) is 39.4. The Morgan fingerprint density at radius 2 is 0.975 bits per heavy atom. The summed E-state index contributed by atoms with van der Waals surface area (Å²) in [5.74, 6) is 2.74. The summed E-state index contributed by atoms with van der Waals surface area (Å²) in [6.45, 7) is 4.64. The Morgan fingerprint density at radius 1 is 0.600 bits per heavy atom. The average molecular weight is 559 g/mol. The second-order valence-corrected chi connectivity index (χ2v) is 14.6. The van der Waals surface area contributed by atoms with Gasteiger partial charge in [0.1, 0.15) is 12.2 Å². The van der Waals surface area contributed by atoms with Crippen LogP contribution in [-0.4, -0.2) is 48.6 Å². The molecule has 4 aliphatic carbocycles. The van der Waals surface area contributed by atoms with Gasteiger partial charge >= 0.3 is 11.9 Å². The van der Waals surface area contributed by atoms with Crippen molar-refractivity contribution >= 4 is 11.9 Å². The molecule has 0 N–H and O–H groups in total. The van der Waals surface area contributed by atoms with Gasteiger partial charge < -0.3 is 18.9 Å². The van der Waals surface area contributed by atoms with Gasteiger partial charge in [0.15, 0.2) is 0 Å². The van der Waals surface area contributed by atoms with E-state index in [1.54, 1.807) is 0 Å². The van der Waals surface area contributed by atoms with E-state index in [-0.39, 0.29) is 24.1 Å². The van der Waals surface area contributed by atoms with Gasteiger partial charge in [-0.15, -0.1) is 0 Å². The topological polar surface area (TPSA) is 77.7 Å². The van der Waals surface area contributed by atoms with Crippen LogP contribution in [-0.2, 0) is 28.5 Å². The largest absolute Gasteiger partial charge is 0.462 e. The molecule has 0 radical (unpaired) electrons. The van der Waals surface area contributed by atoms with Crippen molar-refractivity contribution in [3.05, 3.63) is 0 Å².